The molecule has 1 aromatic carbocycles. The Morgan fingerprint density at radius 2 is 1.68 bits per heavy atom. The van der Waals surface area contributed by atoms with E-state index in [1.165, 1.54) is 0 Å². The predicted molar refractivity (Wildman–Crippen MR) is 105 cm³/mol. The van der Waals surface area contributed by atoms with E-state index in [0.717, 1.165) is 5.56 Å². The molecule has 0 aromatic heterocycles. The fourth-order valence-corrected chi connectivity index (χ4v) is 5.29. The third-order valence-electron chi connectivity index (χ3n) is 6.49. The van der Waals surface area contributed by atoms with Crippen LogP contribution in [0.1, 0.15) is 70.8 Å². The highest BCUT2D eigenvalue weighted by Gasteiger charge is 2.95. The molecule has 1 aliphatic heterocycles. The molecule has 2 aliphatic rings. The van der Waals surface area contributed by atoms with Gasteiger partial charge in [0.2, 0.25) is 0 Å². The smallest absolute Gasteiger partial charge is 0.325 e. The van der Waals surface area contributed by atoms with Crippen LogP contribution in [0.3, 0.4) is 0 Å². The SMILES string of the molecule is CCOC(=O)[C@]12C(=O)OC(C)(C)[C@H]1[C@@]2(CC)C(=O)c1ccc(C(C)(C)C)cc1. The lowest BCUT2D eigenvalue weighted by atomic mass is 9.80. The Morgan fingerprint density at radius 1 is 1.11 bits per heavy atom. The van der Waals surface area contributed by atoms with Crippen LogP contribution in [0, 0.1) is 16.7 Å². The predicted octanol–water partition coefficient (Wildman–Crippen LogP) is 4.08. The zero-order valence-corrected chi connectivity index (χ0v) is 17.8. The lowest BCUT2D eigenvalue weighted by Crippen LogP contribution is -2.40. The molecule has 0 amide bonds. The summed E-state index contributed by atoms with van der Waals surface area (Å²) in [4.78, 5) is 39.5. The summed E-state index contributed by atoms with van der Waals surface area (Å²) < 4.78 is 10.7. The van der Waals surface area contributed by atoms with E-state index in [-0.39, 0.29) is 17.8 Å². The van der Waals surface area contributed by atoms with Crippen molar-refractivity contribution in [1.82, 2.24) is 0 Å². The van der Waals surface area contributed by atoms with Crippen LogP contribution in [0.2, 0.25) is 0 Å². The molecule has 1 saturated carbocycles. The van der Waals surface area contributed by atoms with Crippen molar-refractivity contribution in [1.29, 1.82) is 0 Å². The van der Waals surface area contributed by atoms with Crippen molar-refractivity contribution >= 4 is 17.7 Å². The minimum atomic E-state index is -1.54. The summed E-state index contributed by atoms with van der Waals surface area (Å²) in [6, 6.07) is 7.47. The first-order valence-corrected chi connectivity index (χ1v) is 9.97. The highest BCUT2D eigenvalue weighted by molar-refractivity contribution is 6.19. The second-order valence-electron chi connectivity index (χ2n) is 9.44. The molecule has 5 heteroatoms. The van der Waals surface area contributed by atoms with Crippen LogP contribution in [0.5, 0.6) is 0 Å². The summed E-state index contributed by atoms with van der Waals surface area (Å²) in [6.45, 7) is 13.6. The molecule has 1 aliphatic carbocycles. The van der Waals surface area contributed by atoms with E-state index in [2.05, 4.69) is 20.8 Å². The minimum absolute atomic E-state index is 0.0297. The fraction of sp³-hybridized carbons (Fsp3) is 0.609. The molecule has 1 heterocycles. The summed E-state index contributed by atoms with van der Waals surface area (Å²) in [5.74, 6) is -1.99. The Morgan fingerprint density at radius 3 is 2.14 bits per heavy atom. The number of carbonyl (C=O) groups excluding carboxylic acids is 3. The molecule has 152 valence electrons. The van der Waals surface area contributed by atoms with E-state index >= 15 is 0 Å². The quantitative estimate of drug-likeness (QED) is 0.433. The number of ketones is 1. The number of rotatable bonds is 5. The van der Waals surface area contributed by atoms with Gasteiger partial charge in [0, 0.05) is 11.5 Å². The maximum Gasteiger partial charge on any atom is 0.325 e. The monoisotopic (exact) mass is 386 g/mol. The van der Waals surface area contributed by atoms with Gasteiger partial charge in [0.05, 0.1) is 12.0 Å². The molecule has 28 heavy (non-hydrogen) atoms. The van der Waals surface area contributed by atoms with Gasteiger partial charge in [-0.2, -0.15) is 0 Å². The molecule has 0 unspecified atom stereocenters. The Balaban J connectivity index is 2.08. The lowest BCUT2D eigenvalue weighted by Gasteiger charge is -2.28. The zero-order chi connectivity index (χ0) is 21.1. The third-order valence-corrected chi connectivity index (χ3v) is 6.49. The minimum Gasteiger partial charge on any atom is -0.465 e. The van der Waals surface area contributed by atoms with Gasteiger partial charge < -0.3 is 9.47 Å². The van der Waals surface area contributed by atoms with Crippen LogP contribution in [-0.2, 0) is 24.5 Å². The van der Waals surface area contributed by atoms with Crippen LogP contribution >= 0.6 is 0 Å². The average Bonchev–Trinajstić information content (AvgIpc) is 3.21. The van der Waals surface area contributed by atoms with Gasteiger partial charge in [-0.25, -0.2) is 0 Å². The molecular weight excluding hydrogens is 356 g/mol. The summed E-state index contributed by atoms with van der Waals surface area (Å²) in [7, 11) is 0. The first-order valence-electron chi connectivity index (χ1n) is 9.97. The summed E-state index contributed by atoms with van der Waals surface area (Å²) in [6.07, 6.45) is 0.370. The largest absolute Gasteiger partial charge is 0.465 e. The maximum absolute atomic E-state index is 13.7. The number of fused-ring (bicyclic) bond motifs is 1. The molecule has 3 rings (SSSR count). The number of hydrogen-bond acceptors (Lipinski definition) is 5. The molecule has 3 atom stereocenters. The summed E-state index contributed by atoms with van der Waals surface area (Å²) in [5, 5.41) is 0. The van der Waals surface area contributed by atoms with Gasteiger partial charge >= 0.3 is 11.9 Å². The number of carbonyl (C=O) groups is 3. The second kappa shape index (κ2) is 6.16. The molecule has 0 N–H and O–H groups in total. The van der Waals surface area contributed by atoms with Gasteiger partial charge in [0.25, 0.3) is 0 Å². The lowest BCUT2D eigenvalue weighted by molar-refractivity contribution is -0.166. The van der Waals surface area contributed by atoms with Crippen LogP contribution in [0.15, 0.2) is 24.3 Å². The van der Waals surface area contributed by atoms with Crippen LogP contribution in [0.4, 0.5) is 0 Å². The van der Waals surface area contributed by atoms with Gasteiger partial charge in [0.1, 0.15) is 5.60 Å². The van der Waals surface area contributed by atoms with Crippen molar-refractivity contribution in [3.8, 4) is 0 Å². The number of benzene rings is 1. The Kier molecular flexibility index (Phi) is 4.53. The number of Topliss-reactive ketones (excluding diaryl/α,β-unsaturated/α-hetero) is 1. The zero-order valence-electron chi connectivity index (χ0n) is 17.8. The maximum atomic E-state index is 13.7. The average molecular weight is 386 g/mol. The van der Waals surface area contributed by atoms with Crippen LogP contribution in [0.25, 0.3) is 0 Å². The van der Waals surface area contributed by atoms with E-state index in [1.54, 1.807) is 32.9 Å². The first kappa shape index (κ1) is 20.6. The molecule has 0 bridgehead atoms. The molecule has 0 radical (unpaired) electrons. The van der Waals surface area contributed by atoms with E-state index in [4.69, 9.17) is 9.47 Å². The van der Waals surface area contributed by atoms with Crippen molar-refractivity contribution in [2.75, 3.05) is 6.61 Å². The van der Waals surface area contributed by atoms with Gasteiger partial charge in [-0.05, 0) is 38.2 Å². The number of ether oxygens (including phenoxy) is 2. The second-order valence-corrected chi connectivity index (χ2v) is 9.44. The van der Waals surface area contributed by atoms with Gasteiger partial charge in [-0.3, -0.25) is 14.4 Å². The summed E-state index contributed by atoms with van der Waals surface area (Å²) in [5.41, 5.74) is -1.97. The molecule has 2 fully saturated rings. The standard InChI is InChI=1S/C23H30O5/c1-8-22(16(24)14-10-12-15(13-11-14)20(3,4)5)17-21(6,7)28-19(26)23(17,22)18(25)27-9-2/h10-13,17H,8-9H2,1-7H3/t17-,22+,23-/m0/s1. The van der Waals surface area contributed by atoms with Gasteiger partial charge in [0.15, 0.2) is 11.2 Å². The van der Waals surface area contributed by atoms with Crippen LogP contribution in [-0.4, -0.2) is 29.9 Å². The van der Waals surface area contributed by atoms with E-state index in [0.29, 0.717) is 12.0 Å². The number of hydrogen-bond donors (Lipinski definition) is 0. The van der Waals surface area contributed by atoms with E-state index in [1.807, 2.05) is 19.1 Å². The Bertz CT molecular complexity index is 830. The van der Waals surface area contributed by atoms with Crippen molar-refractivity contribution in [3.05, 3.63) is 35.4 Å². The molecule has 5 nitrogen and oxygen atoms in total. The van der Waals surface area contributed by atoms with Crippen molar-refractivity contribution < 1.29 is 23.9 Å². The Labute approximate surface area is 166 Å². The van der Waals surface area contributed by atoms with Crippen molar-refractivity contribution in [2.45, 2.75) is 65.9 Å². The topological polar surface area (TPSA) is 69.7 Å². The highest BCUT2D eigenvalue weighted by atomic mass is 16.6. The van der Waals surface area contributed by atoms with Gasteiger partial charge in [-0.1, -0.05) is 52.0 Å². The third kappa shape index (κ3) is 2.41. The summed E-state index contributed by atoms with van der Waals surface area (Å²) >= 11 is 0. The number of esters is 2. The van der Waals surface area contributed by atoms with E-state index in [9.17, 15) is 14.4 Å². The molecule has 1 aromatic rings. The van der Waals surface area contributed by atoms with Crippen molar-refractivity contribution in [2.24, 2.45) is 16.7 Å². The van der Waals surface area contributed by atoms with E-state index < -0.39 is 34.3 Å². The Hall–Kier alpha value is -2.17. The fourth-order valence-electron chi connectivity index (χ4n) is 5.29. The van der Waals surface area contributed by atoms with Crippen LogP contribution < -0.4 is 0 Å². The number of cyclic esters (lactones) is 1. The van der Waals surface area contributed by atoms with Crippen molar-refractivity contribution in [3.63, 3.8) is 0 Å². The van der Waals surface area contributed by atoms with Gasteiger partial charge in [-0.15, -0.1) is 0 Å². The molecule has 1 saturated heterocycles. The highest BCUT2D eigenvalue weighted by Crippen LogP contribution is 2.80. The normalized spacial score (nSPS) is 30.4. The molecule has 0 spiro atoms. The first-order chi connectivity index (χ1) is 12.9. The molecular formula is C23H30O5.